The molecule has 0 fully saturated rings. The van der Waals surface area contributed by atoms with Crippen LogP contribution in [0, 0.1) is 12.3 Å². The lowest BCUT2D eigenvalue weighted by molar-refractivity contribution is 0.0583. The van der Waals surface area contributed by atoms with Crippen molar-refractivity contribution in [1.29, 1.82) is 0 Å². The van der Waals surface area contributed by atoms with Gasteiger partial charge in [-0.1, -0.05) is 18.1 Å². The molecule has 0 N–H and O–H groups in total. The second-order valence-corrected chi connectivity index (χ2v) is 5.28. The van der Waals surface area contributed by atoms with Crippen LogP contribution in [-0.4, -0.2) is 31.3 Å². The monoisotopic (exact) mass is 289 g/mol. The van der Waals surface area contributed by atoms with E-state index in [1.54, 1.807) is 45.0 Å². The standard InChI is InChI=1S/C16H19NO4/c1-6-11-17(15(19)21-16(2,3)4)13-10-8-7-9-12(13)14(18)20-5/h1,7-10H,11H2,2-5H3. The first-order valence-electron chi connectivity index (χ1n) is 6.41. The van der Waals surface area contributed by atoms with Crippen LogP contribution in [0.1, 0.15) is 31.1 Å². The number of carbonyl (C=O) groups excluding carboxylic acids is 2. The lowest BCUT2D eigenvalue weighted by Crippen LogP contribution is -2.38. The summed E-state index contributed by atoms with van der Waals surface area (Å²) in [4.78, 5) is 25.3. The molecule has 0 aliphatic rings. The third-order valence-electron chi connectivity index (χ3n) is 2.46. The van der Waals surface area contributed by atoms with Crippen LogP contribution in [0.2, 0.25) is 0 Å². The number of amides is 1. The molecule has 0 aliphatic carbocycles. The number of ether oxygens (including phenoxy) is 2. The van der Waals surface area contributed by atoms with Gasteiger partial charge in [-0.15, -0.1) is 6.42 Å². The van der Waals surface area contributed by atoms with Crippen LogP contribution in [0.3, 0.4) is 0 Å². The molecule has 0 atom stereocenters. The highest BCUT2D eigenvalue weighted by molar-refractivity contribution is 6.01. The third kappa shape index (κ3) is 4.53. The average Bonchev–Trinajstić information content (AvgIpc) is 2.42. The number of esters is 1. The lowest BCUT2D eigenvalue weighted by atomic mass is 10.1. The van der Waals surface area contributed by atoms with Crippen LogP contribution in [0.5, 0.6) is 0 Å². The molecule has 0 heterocycles. The summed E-state index contributed by atoms with van der Waals surface area (Å²) in [6.07, 6.45) is 4.70. The topological polar surface area (TPSA) is 55.8 Å². The Morgan fingerprint density at radius 1 is 1.29 bits per heavy atom. The molecule has 1 amide bonds. The molecule has 5 heteroatoms. The number of nitrogens with zero attached hydrogens (tertiary/aromatic N) is 1. The summed E-state index contributed by atoms with van der Waals surface area (Å²) in [5.41, 5.74) is -0.0536. The molecule has 21 heavy (non-hydrogen) atoms. The predicted molar refractivity (Wildman–Crippen MR) is 80.2 cm³/mol. The van der Waals surface area contributed by atoms with E-state index < -0.39 is 17.7 Å². The van der Waals surface area contributed by atoms with E-state index in [1.165, 1.54) is 12.0 Å². The molecular formula is C16H19NO4. The summed E-state index contributed by atoms with van der Waals surface area (Å²) in [7, 11) is 1.28. The zero-order valence-electron chi connectivity index (χ0n) is 12.7. The molecule has 0 radical (unpaired) electrons. The Balaban J connectivity index is 3.21. The van der Waals surface area contributed by atoms with E-state index in [0.717, 1.165) is 0 Å². The van der Waals surface area contributed by atoms with Gasteiger partial charge >= 0.3 is 12.1 Å². The Hall–Kier alpha value is -2.48. The van der Waals surface area contributed by atoms with Crippen molar-refractivity contribution >= 4 is 17.7 Å². The normalized spacial score (nSPS) is 10.4. The number of terminal acetylenes is 1. The van der Waals surface area contributed by atoms with Gasteiger partial charge < -0.3 is 9.47 Å². The summed E-state index contributed by atoms with van der Waals surface area (Å²) in [6, 6.07) is 6.57. The molecule has 1 rings (SSSR count). The highest BCUT2D eigenvalue weighted by atomic mass is 16.6. The van der Waals surface area contributed by atoms with E-state index in [0.29, 0.717) is 5.69 Å². The Bertz CT molecular complexity index is 566. The average molecular weight is 289 g/mol. The number of anilines is 1. The molecule has 0 spiro atoms. The zero-order chi connectivity index (χ0) is 16.0. The number of methoxy groups -OCH3 is 1. The van der Waals surface area contributed by atoms with Gasteiger partial charge in [-0.3, -0.25) is 4.90 Å². The van der Waals surface area contributed by atoms with E-state index in [9.17, 15) is 9.59 Å². The Kier molecular flexibility index (Phi) is 5.37. The Morgan fingerprint density at radius 3 is 2.43 bits per heavy atom. The molecular weight excluding hydrogens is 270 g/mol. The first kappa shape index (κ1) is 16.6. The van der Waals surface area contributed by atoms with Gasteiger partial charge in [0.2, 0.25) is 0 Å². The third-order valence-corrected chi connectivity index (χ3v) is 2.46. The summed E-state index contributed by atoms with van der Waals surface area (Å²) in [5.74, 6) is 1.84. The summed E-state index contributed by atoms with van der Waals surface area (Å²) in [6.45, 7) is 5.25. The van der Waals surface area contributed by atoms with Gasteiger partial charge in [0.15, 0.2) is 0 Å². The van der Waals surface area contributed by atoms with Crippen LogP contribution in [-0.2, 0) is 9.47 Å². The minimum absolute atomic E-state index is 0.0110. The minimum Gasteiger partial charge on any atom is -0.465 e. The van der Waals surface area contributed by atoms with Crippen molar-refractivity contribution in [2.24, 2.45) is 0 Å². The molecule has 0 saturated carbocycles. The van der Waals surface area contributed by atoms with E-state index in [-0.39, 0.29) is 12.1 Å². The molecule has 0 aliphatic heterocycles. The van der Waals surface area contributed by atoms with Crippen LogP contribution >= 0.6 is 0 Å². The maximum atomic E-state index is 12.3. The minimum atomic E-state index is -0.663. The highest BCUT2D eigenvalue weighted by Gasteiger charge is 2.26. The van der Waals surface area contributed by atoms with Gasteiger partial charge in [0.05, 0.1) is 24.9 Å². The second-order valence-electron chi connectivity index (χ2n) is 5.28. The number of benzene rings is 1. The van der Waals surface area contributed by atoms with Gasteiger partial charge in [-0.05, 0) is 32.9 Å². The number of hydrogen-bond donors (Lipinski definition) is 0. The molecule has 0 bridgehead atoms. The molecule has 0 saturated heterocycles. The smallest absolute Gasteiger partial charge is 0.415 e. The maximum absolute atomic E-state index is 12.3. The van der Waals surface area contributed by atoms with Crippen molar-refractivity contribution in [2.75, 3.05) is 18.6 Å². The molecule has 1 aromatic rings. The van der Waals surface area contributed by atoms with E-state index in [1.807, 2.05) is 0 Å². The number of para-hydroxylation sites is 1. The van der Waals surface area contributed by atoms with Gasteiger partial charge in [0.25, 0.3) is 0 Å². The van der Waals surface area contributed by atoms with Crippen molar-refractivity contribution in [2.45, 2.75) is 26.4 Å². The van der Waals surface area contributed by atoms with Crippen LogP contribution in [0.25, 0.3) is 0 Å². The summed E-state index contributed by atoms with van der Waals surface area (Å²) >= 11 is 0. The van der Waals surface area contributed by atoms with Crippen molar-refractivity contribution in [3.8, 4) is 12.3 Å². The number of carbonyl (C=O) groups is 2. The maximum Gasteiger partial charge on any atom is 0.415 e. The summed E-state index contributed by atoms with van der Waals surface area (Å²) in [5, 5.41) is 0. The second kappa shape index (κ2) is 6.80. The van der Waals surface area contributed by atoms with E-state index >= 15 is 0 Å². The zero-order valence-corrected chi connectivity index (χ0v) is 12.7. The Morgan fingerprint density at radius 2 is 1.90 bits per heavy atom. The molecule has 112 valence electrons. The van der Waals surface area contributed by atoms with Crippen LogP contribution in [0.15, 0.2) is 24.3 Å². The molecule has 5 nitrogen and oxygen atoms in total. The summed E-state index contributed by atoms with van der Waals surface area (Å²) < 4.78 is 10.0. The molecule has 0 unspecified atom stereocenters. The number of rotatable bonds is 3. The Labute approximate surface area is 124 Å². The predicted octanol–water partition coefficient (Wildman–Crippen LogP) is 2.85. The quantitative estimate of drug-likeness (QED) is 0.634. The first-order chi connectivity index (χ1) is 9.80. The molecule has 0 aromatic heterocycles. The highest BCUT2D eigenvalue weighted by Crippen LogP contribution is 2.23. The van der Waals surface area contributed by atoms with Gasteiger partial charge in [-0.2, -0.15) is 0 Å². The van der Waals surface area contributed by atoms with Gasteiger partial charge in [0.1, 0.15) is 5.60 Å². The first-order valence-corrected chi connectivity index (χ1v) is 6.41. The van der Waals surface area contributed by atoms with Crippen molar-refractivity contribution in [3.05, 3.63) is 29.8 Å². The van der Waals surface area contributed by atoms with Crippen molar-refractivity contribution < 1.29 is 19.1 Å². The fraction of sp³-hybridized carbons (Fsp3) is 0.375. The fourth-order valence-electron chi connectivity index (χ4n) is 1.65. The largest absolute Gasteiger partial charge is 0.465 e. The molecule has 1 aromatic carbocycles. The van der Waals surface area contributed by atoms with Gasteiger partial charge in [0, 0.05) is 0 Å². The van der Waals surface area contributed by atoms with E-state index in [4.69, 9.17) is 15.9 Å². The van der Waals surface area contributed by atoms with Crippen molar-refractivity contribution in [1.82, 2.24) is 0 Å². The SMILES string of the molecule is C#CCN(C(=O)OC(C)(C)C)c1ccccc1C(=O)OC. The van der Waals surface area contributed by atoms with Crippen LogP contribution < -0.4 is 4.90 Å². The van der Waals surface area contributed by atoms with Crippen molar-refractivity contribution in [3.63, 3.8) is 0 Å². The van der Waals surface area contributed by atoms with E-state index in [2.05, 4.69) is 5.92 Å². The van der Waals surface area contributed by atoms with Gasteiger partial charge in [-0.25, -0.2) is 9.59 Å². The fourth-order valence-corrected chi connectivity index (χ4v) is 1.65. The lowest BCUT2D eigenvalue weighted by Gasteiger charge is -2.27. The number of hydrogen-bond acceptors (Lipinski definition) is 4. The van der Waals surface area contributed by atoms with Crippen LogP contribution in [0.4, 0.5) is 10.5 Å².